The third-order valence-electron chi connectivity index (χ3n) is 3.09. The molecule has 94 valence electrons. The van der Waals surface area contributed by atoms with E-state index in [1.165, 1.54) is 11.6 Å². The Labute approximate surface area is 107 Å². The Morgan fingerprint density at radius 1 is 0.944 bits per heavy atom. The van der Waals surface area contributed by atoms with Crippen molar-refractivity contribution in [2.45, 2.75) is 25.3 Å². The fraction of sp³-hybridized carbons (Fsp3) is 0.250. The zero-order valence-electron chi connectivity index (χ0n) is 10.4. The SMILES string of the molecule is NC(CCc1ccccc1)Cc1ccccc1F. The van der Waals surface area contributed by atoms with Gasteiger partial charge >= 0.3 is 0 Å². The van der Waals surface area contributed by atoms with Gasteiger partial charge in [-0.3, -0.25) is 0 Å². The van der Waals surface area contributed by atoms with Gasteiger partial charge in [0.25, 0.3) is 0 Å². The molecular formula is C16H18FN. The fourth-order valence-corrected chi connectivity index (χ4v) is 2.05. The van der Waals surface area contributed by atoms with Crippen LogP contribution in [0.2, 0.25) is 0 Å². The number of rotatable bonds is 5. The monoisotopic (exact) mass is 243 g/mol. The molecule has 2 N–H and O–H groups in total. The van der Waals surface area contributed by atoms with Crippen molar-refractivity contribution in [2.24, 2.45) is 5.73 Å². The first-order chi connectivity index (χ1) is 8.75. The Balaban J connectivity index is 1.86. The lowest BCUT2D eigenvalue weighted by Crippen LogP contribution is -2.24. The molecule has 1 atom stereocenters. The van der Waals surface area contributed by atoms with Gasteiger partial charge in [-0.25, -0.2) is 4.39 Å². The maximum Gasteiger partial charge on any atom is 0.126 e. The van der Waals surface area contributed by atoms with E-state index in [1.807, 2.05) is 24.3 Å². The van der Waals surface area contributed by atoms with Crippen molar-refractivity contribution in [3.05, 3.63) is 71.5 Å². The summed E-state index contributed by atoms with van der Waals surface area (Å²) >= 11 is 0. The summed E-state index contributed by atoms with van der Waals surface area (Å²) in [5.41, 5.74) is 8.04. The topological polar surface area (TPSA) is 26.0 Å². The molecule has 0 heterocycles. The summed E-state index contributed by atoms with van der Waals surface area (Å²) in [5, 5.41) is 0. The predicted molar refractivity (Wildman–Crippen MR) is 72.8 cm³/mol. The Kier molecular flexibility index (Phi) is 4.48. The number of hydrogen-bond donors (Lipinski definition) is 1. The summed E-state index contributed by atoms with van der Waals surface area (Å²) in [7, 11) is 0. The molecule has 0 bridgehead atoms. The summed E-state index contributed by atoms with van der Waals surface area (Å²) < 4.78 is 13.5. The molecule has 0 saturated carbocycles. The molecule has 0 aliphatic heterocycles. The van der Waals surface area contributed by atoms with Crippen LogP contribution in [0.15, 0.2) is 54.6 Å². The van der Waals surface area contributed by atoms with Crippen molar-refractivity contribution in [2.75, 3.05) is 0 Å². The van der Waals surface area contributed by atoms with Crippen molar-refractivity contribution in [1.29, 1.82) is 0 Å². The van der Waals surface area contributed by atoms with Crippen LogP contribution in [0.25, 0.3) is 0 Å². The average Bonchev–Trinajstić information content (AvgIpc) is 2.40. The molecule has 1 unspecified atom stereocenters. The molecule has 18 heavy (non-hydrogen) atoms. The normalized spacial score (nSPS) is 12.3. The van der Waals surface area contributed by atoms with E-state index in [0.717, 1.165) is 12.8 Å². The van der Waals surface area contributed by atoms with E-state index in [4.69, 9.17) is 5.73 Å². The van der Waals surface area contributed by atoms with Crippen LogP contribution in [-0.4, -0.2) is 6.04 Å². The Morgan fingerprint density at radius 2 is 1.61 bits per heavy atom. The van der Waals surface area contributed by atoms with Crippen molar-refractivity contribution in [3.63, 3.8) is 0 Å². The van der Waals surface area contributed by atoms with Crippen LogP contribution in [0, 0.1) is 5.82 Å². The van der Waals surface area contributed by atoms with Crippen LogP contribution in [-0.2, 0) is 12.8 Å². The molecule has 0 aromatic heterocycles. The molecule has 0 spiro atoms. The van der Waals surface area contributed by atoms with Crippen LogP contribution in [0.4, 0.5) is 4.39 Å². The van der Waals surface area contributed by atoms with Gasteiger partial charge in [-0.15, -0.1) is 0 Å². The number of nitrogens with two attached hydrogens (primary N) is 1. The summed E-state index contributed by atoms with van der Waals surface area (Å²) in [5.74, 6) is -0.160. The molecule has 1 nitrogen and oxygen atoms in total. The molecule has 0 fully saturated rings. The first-order valence-corrected chi connectivity index (χ1v) is 6.28. The quantitative estimate of drug-likeness (QED) is 0.856. The van der Waals surface area contributed by atoms with Crippen LogP contribution in [0.5, 0.6) is 0 Å². The second-order valence-corrected chi connectivity index (χ2v) is 4.58. The highest BCUT2D eigenvalue weighted by atomic mass is 19.1. The van der Waals surface area contributed by atoms with E-state index in [9.17, 15) is 4.39 Å². The smallest absolute Gasteiger partial charge is 0.126 e. The Hall–Kier alpha value is -1.67. The molecule has 2 rings (SSSR count). The van der Waals surface area contributed by atoms with Gasteiger partial charge in [0.1, 0.15) is 5.82 Å². The number of halogens is 1. The van der Waals surface area contributed by atoms with Gasteiger partial charge in [0.15, 0.2) is 0 Å². The lowest BCUT2D eigenvalue weighted by atomic mass is 9.99. The van der Waals surface area contributed by atoms with E-state index < -0.39 is 0 Å². The first-order valence-electron chi connectivity index (χ1n) is 6.28. The van der Waals surface area contributed by atoms with Gasteiger partial charge in [0.05, 0.1) is 0 Å². The van der Waals surface area contributed by atoms with Crippen molar-refractivity contribution in [3.8, 4) is 0 Å². The van der Waals surface area contributed by atoms with Crippen LogP contribution >= 0.6 is 0 Å². The maximum atomic E-state index is 13.5. The minimum atomic E-state index is -0.160. The maximum absolute atomic E-state index is 13.5. The summed E-state index contributed by atoms with van der Waals surface area (Å²) in [6.45, 7) is 0. The highest BCUT2D eigenvalue weighted by molar-refractivity contribution is 5.19. The largest absolute Gasteiger partial charge is 0.327 e. The number of aryl methyl sites for hydroxylation is 1. The van der Waals surface area contributed by atoms with Gasteiger partial charge in [-0.2, -0.15) is 0 Å². The molecule has 0 amide bonds. The zero-order chi connectivity index (χ0) is 12.8. The summed E-state index contributed by atoms with van der Waals surface area (Å²) in [6, 6.07) is 17.1. The highest BCUT2D eigenvalue weighted by Gasteiger charge is 2.07. The third kappa shape index (κ3) is 3.67. The molecule has 2 aromatic carbocycles. The van der Waals surface area contributed by atoms with E-state index in [2.05, 4.69) is 12.1 Å². The minimum Gasteiger partial charge on any atom is -0.327 e. The summed E-state index contributed by atoms with van der Waals surface area (Å²) in [4.78, 5) is 0. The van der Waals surface area contributed by atoms with E-state index in [-0.39, 0.29) is 11.9 Å². The van der Waals surface area contributed by atoms with Crippen LogP contribution in [0.3, 0.4) is 0 Å². The van der Waals surface area contributed by atoms with Gasteiger partial charge < -0.3 is 5.73 Å². The van der Waals surface area contributed by atoms with Crippen molar-refractivity contribution < 1.29 is 4.39 Å². The molecular weight excluding hydrogens is 225 g/mol. The lowest BCUT2D eigenvalue weighted by Gasteiger charge is -2.12. The standard InChI is InChI=1S/C16H18FN/c17-16-9-5-4-8-14(16)12-15(18)11-10-13-6-2-1-3-7-13/h1-9,15H,10-12,18H2. The van der Waals surface area contributed by atoms with Crippen LogP contribution in [0.1, 0.15) is 17.5 Å². The second kappa shape index (κ2) is 6.31. The summed E-state index contributed by atoms with van der Waals surface area (Å²) in [6.07, 6.45) is 2.41. The zero-order valence-corrected chi connectivity index (χ0v) is 10.4. The number of hydrogen-bond acceptors (Lipinski definition) is 1. The van der Waals surface area contributed by atoms with Crippen molar-refractivity contribution in [1.82, 2.24) is 0 Å². The van der Waals surface area contributed by atoms with Gasteiger partial charge in [-0.1, -0.05) is 48.5 Å². The van der Waals surface area contributed by atoms with Crippen LogP contribution < -0.4 is 5.73 Å². The molecule has 0 aliphatic carbocycles. The average molecular weight is 243 g/mol. The highest BCUT2D eigenvalue weighted by Crippen LogP contribution is 2.11. The number of benzene rings is 2. The van der Waals surface area contributed by atoms with E-state index >= 15 is 0 Å². The second-order valence-electron chi connectivity index (χ2n) is 4.58. The Bertz CT molecular complexity index is 481. The minimum absolute atomic E-state index is 0.00195. The first kappa shape index (κ1) is 12.8. The molecule has 0 radical (unpaired) electrons. The predicted octanol–water partition coefficient (Wildman–Crippen LogP) is 3.33. The van der Waals surface area contributed by atoms with Gasteiger partial charge in [0.2, 0.25) is 0 Å². The fourth-order valence-electron chi connectivity index (χ4n) is 2.05. The third-order valence-corrected chi connectivity index (χ3v) is 3.09. The van der Waals surface area contributed by atoms with Gasteiger partial charge in [0, 0.05) is 6.04 Å². The van der Waals surface area contributed by atoms with E-state index in [0.29, 0.717) is 12.0 Å². The molecule has 2 aromatic rings. The van der Waals surface area contributed by atoms with E-state index in [1.54, 1.807) is 12.1 Å². The lowest BCUT2D eigenvalue weighted by molar-refractivity contribution is 0.566. The van der Waals surface area contributed by atoms with Crippen molar-refractivity contribution >= 4 is 0 Å². The molecule has 2 heteroatoms. The Morgan fingerprint density at radius 3 is 2.33 bits per heavy atom. The van der Waals surface area contributed by atoms with Gasteiger partial charge in [-0.05, 0) is 36.5 Å². The molecule has 0 saturated heterocycles. The molecule has 0 aliphatic rings.